The van der Waals surface area contributed by atoms with E-state index in [1.807, 2.05) is 0 Å². The molecule has 0 N–H and O–H groups in total. The van der Waals surface area contributed by atoms with Crippen molar-refractivity contribution in [3.63, 3.8) is 0 Å². The van der Waals surface area contributed by atoms with Gasteiger partial charge in [0.05, 0.1) is 0 Å². The highest BCUT2D eigenvalue weighted by atomic mass is 35.5. The summed E-state index contributed by atoms with van der Waals surface area (Å²) in [4.78, 5) is 4.58. The molecule has 2 unspecified atom stereocenters. The lowest BCUT2D eigenvalue weighted by Gasteiger charge is -2.34. The summed E-state index contributed by atoms with van der Waals surface area (Å²) in [6.07, 6.45) is 15.3. The van der Waals surface area contributed by atoms with Gasteiger partial charge in [-0.15, -0.1) is 12.4 Å². The predicted molar refractivity (Wildman–Crippen MR) is 111 cm³/mol. The Balaban J connectivity index is 0.00000225. The number of hydrogen-bond acceptors (Lipinski definition) is 2. The Hall–Kier alpha value is -1.41. The minimum absolute atomic E-state index is 0. The fourth-order valence-electron chi connectivity index (χ4n) is 4.33. The summed E-state index contributed by atoms with van der Waals surface area (Å²) in [6.45, 7) is 8.18. The quantitative estimate of drug-likeness (QED) is 0.590. The molecule has 0 bridgehead atoms. The maximum absolute atomic E-state index is 2.41. The minimum atomic E-state index is 0. The molecule has 1 aliphatic heterocycles. The third kappa shape index (κ3) is 5.04. The van der Waals surface area contributed by atoms with Gasteiger partial charge in [-0.05, 0) is 55.1 Å². The lowest BCUT2D eigenvalue weighted by molar-refractivity contribution is 0.268. The first kappa shape index (κ1) is 19.9. The van der Waals surface area contributed by atoms with Gasteiger partial charge in [0.1, 0.15) is 0 Å². The molecule has 2 nitrogen and oxygen atoms in total. The van der Waals surface area contributed by atoms with E-state index in [0.717, 1.165) is 18.4 Å². The number of para-hydroxylation sites is 1. The van der Waals surface area contributed by atoms with Crippen LogP contribution in [-0.2, 0) is 0 Å². The zero-order chi connectivity index (χ0) is 16.9. The first-order valence-corrected chi connectivity index (χ1v) is 9.67. The molecule has 0 aromatic heterocycles. The summed E-state index contributed by atoms with van der Waals surface area (Å²) < 4.78 is 0. The lowest BCUT2D eigenvalue weighted by atomic mass is 9.73. The van der Waals surface area contributed by atoms with Crippen LogP contribution in [0.5, 0.6) is 0 Å². The van der Waals surface area contributed by atoms with Crippen molar-refractivity contribution < 1.29 is 0 Å². The Bertz CT molecular complexity index is 571. The predicted octanol–water partition coefficient (Wildman–Crippen LogP) is 6.51. The molecule has 2 atom stereocenters. The van der Waals surface area contributed by atoms with E-state index in [9.17, 15) is 0 Å². The van der Waals surface area contributed by atoms with Crippen LogP contribution in [0.3, 0.4) is 0 Å². The number of anilines is 1. The van der Waals surface area contributed by atoms with Gasteiger partial charge in [0.15, 0.2) is 0 Å². The van der Waals surface area contributed by atoms with E-state index < -0.39 is 0 Å². The van der Waals surface area contributed by atoms with Gasteiger partial charge in [0.25, 0.3) is 0 Å². The van der Waals surface area contributed by atoms with Crippen molar-refractivity contribution in [2.24, 2.45) is 11.8 Å². The Morgan fingerprint density at radius 1 is 0.920 bits per heavy atom. The fraction of sp³-hybridized carbons (Fsp3) is 0.545. The van der Waals surface area contributed by atoms with Crippen LogP contribution in [0.15, 0.2) is 49.1 Å². The van der Waals surface area contributed by atoms with E-state index in [0.29, 0.717) is 5.92 Å². The average Bonchev–Trinajstić information content (AvgIpc) is 2.59. The van der Waals surface area contributed by atoms with Crippen LogP contribution in [0, 0.1) is 11.8 Å². The highest BCUT2D eigenvalue weighted by molar-refractivity contribution is 5.85. The van der Waals surface area contributed by atoms with Crippen molar-refractivity contribution in [1.29, 1.82) is 0 Å². The molecule has 0 amide bonds. The van der Waals surface area contributed by atoms with Gasteiger partial charge in [0, 0.05) is 37.0 Å². The van der Waals surface area contributed by atoms with Crippen molar-refractivity contribution in [1.82, 2.24) is 4.90 Å². The van der Waals surface area contributed by atoms with Gasteiger partial charge in [-0.3, -0.25) is 0 Å². The van der Waals surface area contributed by atoms with Gasteiger partial charge in [-0.1, -0.05) is 45.4 Å². The molecule has 0 radical (unpaired) electrons. The standard InChI is InChI=1S/C22H32N2.ClH/c1-4-5-10-23-11-13-24(14-12-23)22-9-7-6-8-21(22)20-16-18(2)15-19(3)17-20;/h6-9,11-14,18-20H,4-5,10,15-17H2,1-3H3;1H. The number of hydrogen-bond donors (Lipinski definition) is 0. The van der Waals surface area contributed by atoms with Crippen LogP contribution >= 0.6 is 12.4 Å². The molecule has 3 heteroatoms. The summed E-state index contributed by atoms with van der Waals surface area (Å²) in [6, 6.07) is 8.99. The van der Waals surface area contributed by atoms with Gasteiger partial charge in [-0.25, -0.2) is 0 Å². The van der Waals surface area contributed by atoms with Crippen molar-refractivity contribution in [3.05, 3.63) is 54.6 Å². The third-order valence-electron chi connectivity index (χ3n) is 5.44. The molecule has 25 heavy (non-hydrogen) atoms. The summed E-state index contributed by atoms with van der Waals surface area (Å²) in [7, 11) is 0. The van der Waals surface area contributed by atoms with E-state index in [4.69, 9.17) is 0 Å². The monoisotopic (exact) mass is 360 g/mol. The number of benzene rings is 1. The molecule has 1 heterocycles. The molecule has 0 saturated heterocycles. The number of halogens is 1. The van der Waals surface area contributed by atoms with Crippen molar-refractivity contribution >= 4 is 18.1 Å². The second-order valence-electron chi connectivity index (χ2n) is 7.77. The van der Waals surface area contributed by atoms with Gasteiger partial charge in [0.2, 0.25) is 0 Å². The highest BCUT2D eigenvalue weighted by Crippen LogP contribution is 2.42. The normalized spacial score (nSPS) is 25.8. The summed E-state index contributed by atoms with van der Waals surface area (Å²) in [5.74, 6) is 2.37. The molecular formula is C22H33ClN2. The molecule has 0 spiro atoms. The third-order valence-corrected chi connectivity index (χ3v) is 5.44. The molecule has 1 fully saturated rings. The lowest BCUT2D eigenvalue weighted by Crippen LogP contribution is -2.23. The molecule has 1 aliphatic carbocycles. The van der Waals surface area contributed by atoms with Crippen LogP contribution in [0.25, 0.3) is 0 Å². The van der Waals surface area contributed by atoms with Crippen LogP contribution in [0.1, 0.15) is 64.4 Å². The molecule has 3 rings (SSSR count). The van der Waals surface area contributed by atoms with E-state index >= 15 is 0 Å². The summed E-state index contributed by atoms with van der Waals surface area (Å²) >= 11 is 0. The van der Waals surface area contributed by atoms with Gasteiger partial charge >= 0.3 is 0 Å². The second-order valence-corrected chi connectivity index (χ2v) is 7.77. The number of nitrogens with zero attached hydrogens (tertiary/aromatic N) is 2. The number of rotatable bonds is 5. The Morgan fingerprint density at radius 2 is 1.56 bits per heavy atom. The smallest absolute Gasteiger partial charge is 0.0485 e. The zero-order valence-electron chi connectivity index (χ0n) is 15.9. The van der Waals surface area contributed by atoms with E-state index in [-0.39, 0.29) is 12.4 Å². The molecule has 2 aliphatic rings. The van der Waals surface area contributed by atoms with Crippen LogP contribution < -0.4 is 4.90 Å². The van der Waals surface area contributed by atoms with Gasteiger partial charge in [-0.2, -0.15) is 0 Å². The van der Waals surface area contributed by atoms with E-state index in [1.165, 1.54) is 43.4 Å². The topological polar surface area (TPSA) is 6.48 Å². The molecule has 1 saturated carbocycles. The van der Waals surface area contributed by atoms with Gasteiger partial charge < -0.3 is 9.80 Å². The average molecular weight is 361 g/mol. The molecule has 1 aromatic rings. The van der Waals surface area contributed by atoms with E-state index in [1.54, 1.807) is 0 Å². The number of unbranched alkanes of at least 4 members (excludes halogenated alkanes) is 1. The van der Waals surface area contributed by atoms with Crippen LogP contribution in [0.2, 0.25) is 0 Å². The van der Waals surface area contributed by atoms with E-state index in [2.05, 4.69) is 79.6 Å². The SMILES string of the molecule is CCCCN1C=CN(c2ccccc2C2CC(C)CC(C)C2)C=C1.Cl. The Kier molecular flexibility index (Phi) is 7.43. The minimum Gasteiger partial charge on any atom is -0.351 e. The molecular weight excluding hydrogens is 328 g/mol. The first-order valence-electron chi connectivity index (χ1n) is 9.67. The maximum atomic E-state index is 2.41. The Labute approximate surface area is 160 Å². The van der Waals surface area contributed by atoms with Crippen molar-refractivity contribution in [3.8, 4) is 0 Å². The van der Waals surface area contributed by atoms with Crippen molar-refractivity contribution in [2.45, 2.75) is 58.8 Å². The second kappa shape index (κ2) is 9.33. The zero-order valence-corrected chi connectivity index (χ0v) is 16.7. The van der Waals surface area contributed by atoms with Crippen LogP contribution in [0.4, 0.5) is 5.69 Å². The first-order chi connectivity index (χ1) is 11.7. The largest absolute Gasteiger partial charge is 0.351 e. The molecule has 138 valence electrons. The highest BCUT2D eigenvalue weighted by Gasteiger charge is 2.27. The van der Waals surface area contributed by atoms with Crippen molar-refractivity contribution in [2.75, 3.05) is 11.4 Å². The maximum Gasteiger partial charge on any atom is 0.0485 e. The van der Waals surface area contributed by atoms with Crippen LogP contribution in [-0.4, -0.2) is 11.4 Å². The fourth-order valence-corrected chi connectivity index (χ4v) is 4.33. The Morgan fingerprint density at radius 3 is 2.20 bits per heavy atom. The summed E-state index contributed by atoms with van der Waals surface area (Å²) in [5, 5.41) is 0. The summed E-state index contributed by atoms with van der Waals surface area (Å²) in [5.41, 5.74) is 2.87. The molecule has 1 aromatic carbocycles.